The number of amides is 2. The summed E-state index contributed by atoms with van der Waals surface area (Å²) in [4.78, 5) is 37.3. The molecule has 0 aliphatic rings. The van der Waals surface area contributed by atoms with Crippen LogP contribution in [0.3, 0.4) is 0 Å². The predicted molar refractivity (Wildman–Crippen MR) is 147 cm³/mol. The van der Waals surface area contributed by atoms with Crippen molar-refractivity contribution < 1.29 is 19.8 Å². The molecule has 1 aromatic heterocycles. The molecule has 194 valence electrons. The van der Waals surface area contributed by atoms with Gasteiger partial charge < -0.3 is 25.4 Å². The standard InChI is InChI=1S/C29H26ClN3O5/c1-18-6-8-19(9-7-18)20-10-12-21(13-11-20)24(16-26(35)36)31-29(38)32-27-25(34)14-15-33(28(27)37)17-22-4-2-3-5-23(22)30/h2-15,24,34H,16-17H2,1H3,(H,35,36)(H2,31,32,38)/t24-/m0/s1. The summed E-state index contributed by atoms with van der Waals surface area (Å²) in [7, 11) is 0. The van der Waals surface area contributed by atoms with E-state index in [9.17, 15) is 24.6 Å². The van der Waals surface area contributed by atoms with Crippen LogP contribution in [0, 0.1) is 6.92 Å². The van der Waals surface area contributed by atoms with Gasteiger partial charge in [-0.05, 0) is 41.3 Å². The maximum atomic E-state index is 13.0. The van der Waals surface area contributed by atoms with Crippen LogP contribution in [0.25, 0.3) is 11.1 Å². The van der Waals surface area contributed by atoms with Crippen molar-refractivity contribution in [2.45, 2.75) is 25.9 Å². The summed E-state index contributed by atoms with van der Waals surface area (Å²) >= 11 is 6.20. The molecule has 0 saturated heterocycles. The van der Waals surface area contributed by atoms with E-state index in [1.54, 1.807) is 36.4 Å². The molecule has 0 aliphatic heterocycles. The fourth-order valence-corrected chi connectivity index (χ4v) is 4.20. The van der Waals surface area contributed by atoms with Crippen LogP contribution in [-0.2, 0) is 11.3 Å². The predicted octanol–water partition coefficient (Wildman–Crippen LogP) is 5.57. The molecule has 1 heterocycles. The number of pyridine rings is 1. The number of hydrogen-bond acceptors (Lipinski definition) is 4. The average molecular weight is 532 g/mol. The Morgan fingerprint density at radius 1 is 0.947 bits per heavy atom. The first kappa shape index (κ1) is 26.5. The normalized spacial score (nSPS) is 11.5. The third kappa shape index (κ3) is 6.41. The first-order valence-electron chi connectivity index (χ1n) is 11.8. The first-order chi connectivity index (χ1) is 18.2. The Labute approximate surface area is 224 Å². The van der Waals surface area contributed by atoms with Gasteiger partial charge in [-0.1, -0.05) is 83.9 Å². The fourth-order valence-electron chi connectivity index (χ4n) is 4.01. The smallest absolute Gasteiger partial charge is 0.319 e. The molecule has 0 bridgehead atoms. The van der Waals surface area contributed by atoms with Gasteiger partial charge in [-0.25, -0.2) is 4.79 Å². The summed E-state index contributed by atoms with van der Waals surface area (Å²) < 4.78 is 1.30. The molecule has 0 fully saturated rings. The van der Waals surface area contributed by atoms with Crippen LogP contribution in [0.15, 0.2) is 89.9 Å². The van der Waals surface area contributed by atoms with Crippen LogP contribution in [0.1, 0.15) is 29.2 Å². The lowest BCUT2D eigenvalue weighted by Gasteiger charge is -2.19. The number of hydrogen-bond donors (Lipinski definition) is 4. The number of aryl methyl sites for hydroxylation is 1. The Kier molecular flexibility index (Phi) is 8.13. The molecule has 4 rings (SSSR count). The lowest BCUT2D eigenvalue weighted by Crippen LogP contribution is -2.36. The highest BCUT2D eigenvalue weighted by molar-refractivity contribution is 6.31. The summed E-state index contributed by atoms with van der Waals surface area (Å²) in [6, 6.07) is 21.8. The van der Waals surface area contributed by atoms with Crippen LogP contribution in [0.5, 0.6) is 5.75 Å². The number of benzene rings is 3. The number of aliphatic carboxylic acids is 1. The number of aromatic hydroxyl groups is 1. The summed E-state index contributed by atoms with van der Waals surface area (Å²) in [6.45, 7) is 2.13. The van der Waals surface area contributed by atoms with Gasteiger partial charge in [0.2, 0.25) is 0 Å². The number of carboxylic acid groups (broad SMARTS) is 1. The second kappa shape index (κ2) is 11.7. The third-order valence-corrected chi connectivity index (χ3v) is 6.43. The fraction of sp³-hybridized carbons (Fsp3) is 0.138. The van der Waals surface area contributed by atoms with Crippen molar-refractivity contribution in [1.82, 2.24) is 9.88 Å². The van der Waals surface area contributed by atoms with E-state index in [0.717, 1.165) is 16.7 Å². The SMILES string of the molecule is Cc1ccc(-c2ccc([C@H](CC(=O)O)NC(=O)Nc3c(O)ccn(Cc4ccccc4Cl)c3=O)cc2)cc1. The van der Waals surface area contributed by atoms with Crippen molar-refractivity contribution in [3.63, 3.8) is 0 Å². The van der Waals surface area contributed by atoms with Gasteiger partial charge in [-0.2, -0.15) is 0 Å². The van der Waals surface area contributed by atoms with E-state index in [0.29, 0.717) is 16.1 Å². The van der Waals surface area contributed by atoms with E-state index in [1.165, 1.54) is 16.8 Å². The second-order valence-electron chi connectivity index (χ2n) is 8.84. The molecule has 9 heteroatoms. The van der Waals surface area contributed by atoms with Crippen molar-refractivity contribution in [2.24, 2.45) is 0 Å². The van der Waals surface area contributed by atoms with E-state index in [4.69, 9.17) is 11.6 Å². The maximum Gasteiger partial charge on any atom is 0.319 e. The highest BCUT2D eigenvalue weighted by Crippen LogP contribution is 2.25. The van der Waals surface area contributed by atoms with Gasteiger partial charge in [0.1, 0.15) is 5.75 Å². The minimum atomic E-state index is -1.11. The molecule has 0 radical (unpaired) electrons. The molecule has 0 spiro atoms. The highest BCUT2D eigenvalue weighted by atomic mass is 35.5. The second-order valence-corrected chi connectivity index (χ2v) is 9.24. The molecular formula is C29H26ClN3O5. The van der Waals surface area contributed by atoms with Crippen molar-refractivity contribution in [3.8, 4) is 16.9 Å². The number of halogens is 1. The number of carbonyl (C=O) groups excluding carboxylic acids is 1. The van der Waals surface area contributed by atoms with E-state index in [1.807, 2.05) is 43.3 Å². The lowest BCUT2D eigenvalue weighted by molar-refractivity contribution is -0.137. The quantitative estimate of drug-likeness (QED) is 0.237. The number of carboxylic acids is 1. The molecule has 0 saturated carbocycles. The Morgan fingerprint density at radius 3 is 2.21 bits per heavy atom. The Hall–Kier alpha value is -4.56. The van der Waals surface area contributed by atoms with Gasteiger partial charge in [0.15, 0.2) is 5.69 Å². The summed E-state index contributed by atoms with van der Waals surface area (Å²) in [6.07, 6.45) is 1.02. The largest absolute Gasteiger partial charge is 0.505 e. The Morgan fingerprint density at radius 2 is 1.58 bits per heavy atom. The number of anilines is 1. The maximum absolute atomic E-state index is 13.0. The monoisotopic (exact) mass is 531 g/mol. The van der Waals surface area contributed by atoms with Crippen LogP contribution < -0.4 is 16.2 Å². The van der Waals surface area contributed by atoms with Gasteiger partial charge in [0.25, 0.3) is 5.56 Å². The van der Waals surface area contributed by atoms with Crippen LogP contribution in [0.4, 0.5) is 10.5 Å². The molecule has 0 aliphatic carbocycles. The van der Waals surface area contributed by atoms with Crippen LogP contribution in [0.2, 0.25) is 5.02 Å². The molecule has 1 atom stereocenters. The average Bonchev–Trinajstić information content (AvgIpc) is 2.89. The number of carbonyl (C=O) groups is 2. The van der Waals surface area contributed by atoms with E-state index in [2.05, 4.69) is 10.6 Å². The van der Waals surface area contributed by atoms with Gasteiger partial charge in [-0.3, -0.25) is 9.59 Å². The third-order valence-electron chi connectivity index (χ3n) is 6.06. The minimum Gasteiger partial charge on any atom is -0.505 e. The molecule has 38 heavy (non-hydrogen) atoms. The number of rotatable bonds is 8. The molecule has 2 amide bonds. The molecular weight excluding hydrogens is 506 g/mol. The van der Waals surface area contributed by atoms with Crippen molar-refractivity contribution >= 4 is 29.3 Å². The lowest BCUT2D eigenvalue weighted by atomic mass is 9.98. The summed E-state index contributed by atoms with van der Waals surface area (Å²) in [5, 5.41) is 25.1. The van der Waals surface area contributed by atoms with E-state index >= 15 is 0 Å². The number of aromatic nitrogens is 1. The topological polar surface area (TPSA) is 121 Å². The van der Waals surface area contributed by atoms with Crippen LogP contribution in [-0.4, -0.2) is 26.8 Å². The molecule has 8 nitrogen and oxygen atoms in total. The van der Waals surface area contributed by atoms with E-state index in [-0.39, 0.29) is 18.7 Å². The van der Waals surface area contributed by atoms with Crippen molar-refractivity contribution in [1.29, 1.82) is 0 Å². The zero-order chi connectivity index (χ0) is 27.2. The first-order valence-corrected chi connectivity index (χ1v) is 12.2. The number of nitrogens with zero attached hydrogens (tertiary/aromatic N) is 1. The summed E-state index contributed by atoms with van der Waals surface area (Å²) in [5.41, 5.74) is 3.39. The zero-order valence-electron chi connectivity index (χ0n) is 20.5. The van der Waals surface area contributed by atoms with Gasteiger partial charge in [0.05, 0.1) is 19.0 Å². The minimum absolute atomic E-state index is 0.129. The van der Waals surface area contributed by atoms with Gasteiger partial charge in [-0.15, -0.1) is 0 Å². The molecule has 3 aromatic carbocycles. The molecule has 4 aromatic rings. The number of urea groups is 1. The highest BCUT2D eigenvalue weighted by Gasteiger charge is 2.20. The van der Waals surface area contributed by atoms with Gasteiger partial charge >= 0.3 is 12.0 Å². The molecule has 4 N–H and O–H groups in total. The molecule has 0 unspecified atom stereocenters. The number of nitrogens with one attached hydrogen (secondary N) is 2. The Balaban J connectivity index is 1.52. The van der Waals surface area contributed by atoms with Crippen molar-refractivity contribution in [3.05, 3.63) is 117 Å². The zero-order valence-corrected chi connectivity index (χ0v) is 21.3. The Bertz CT molecular complexity index is 1510. The van der Waals surface area contributed by atoms with E-state index < -0.39 is 29.4 Å². The van der Waals surface area contributed by atoms with Gasteiger partial charge in [0, 0.05) is 11.2 Å². The van der Waals surface area contributed by atoms with Crippen molar-refractivity contribution in [2.75, 3.05) is 5.32 Å². The summed E-state index contributed by atoms with van der Waals surface area (Å²) in [5.74, 6) is -1.53. The van der Waals surface area contributed by atoms with Crippen LogP contribution >= 0.6 is 11.6 Å².